The SMILES string of the molecule is O=C(OCc1ccccc1)N1CC[C@@]2(CC[C@H](CCl)C2)C1. The van der Waals surface area contributed by atoms with Gasteiger partial charge in [0.2, 0.25) is 0 Å². The number of nitrogens with zero attached hydrogens (tertiary/aromatic N) is 1. The van der Waals surface area contributed by atoms with E-state index in [4.69, 9.17) is 16.3 Å². The highest BCUT2D eigenvalue weighted by Gasteiger charge is 2.45. The van der Waals surface area contributed by atoms with Crippen LogP contribution in [0.25, 0.3) is 0 Å². The second kappa shape index (κ2) is 6.27. The molecule has 4 heteroatoms. The summed E-state index contributed by atoms with van der Waals surface area (Å²) in [6, 6.07) is 9.82. The van der Waals surface area contributed by atoms with E-state index in [0.717, 1.165) is 31.0 Å². The van der Waals surface area contributed by atoms with Crippen LogP contribution in [0.4, 0.5) is 4.79 Å². The van der Waals surface area contributed by atoms with Crippen molar-refractivity contribution in [2.45, 2.75) is 32.3 Å². The second-order valence-corrected chi connectivity index (χ2v) is 6.78. The number of carbonyl (C=O) groups excluding carboxylic acids is 1. The Kier molecular flexibility index (Phi) is 4.39. The average molecular weight is 308 g/mol. The molecule has 0 N–H and O–H groups in total. The molecule has 0 radical (unpaired) electrons. The number of rotatable bonds is 3. The minimum atomic E-state index is -0.176. The van der Waals surface area contributed by atoms with Crippen molar-refractivity contribution < 1.29 is 9.53 Å². The molecule has 1 aliphatic heterocycles. The van der Waals surface area contributed by atoms with Crippen molar-refractivity contribution in [1.82, 2.24) is 4.90 Å². The Morgan fingerprint density at radius 1 is 1.33 bits per heavy atom. The summed E-state index contributed by atoms with van der Waals surface area (Å²) in [5, 5.41) is 0. The molecule has 1 amide bonds. The highest BCUT2D eigenvalue weighted by Crippen LogP contribution is 2.48. The van der Waals surface area contributed by atoms with Crippen molar-refractivity contribution in [1.29, 1.82) is 0 Å². The number of alkyl halides is 1. The van der Waals surface area contributed by atoms with Crippen molar-refractivity contribution in [2.75, 3.05) is 19.0 Å². The summed E-state index contributed by atoms with van der Waals surface area (Å²) >= 11 is 5.98. The third-order valence-electron chi connectivity index (χ3n) is 4.92. The van der Waals surface area contributed by atoms with Gasteiger partial charge in [0.05, 0.1) is 0 Å². The van der Waals surface area contributed by atoms with Crippen LogP contribution in [0.3, 0.4) is 0 Å². The van der Waals surface area contributed by atoms with Gasteiger partial charge in [0, 0.05) is 19.0 Å². The lowest BCUT2D eigenvalue weighted by molar-refractivity contribution is 0.0995. The number of benzene rings is 1. The van der Waals surface area contributed by atoms with Gasteiger partial charge in [-0.05, 0) is 42.6 Å². The van der Waals surface area contributed by atoms with Crippen LogP contribution in [0.2, 0.25) is 0 Å². The molecule has 114 valence electrons. The van der Waals surface area contributed by atoms with Gasteiger partial charge in [0.1, 0.15) is 6.61 Å². The van der Waals surface area contributed by atoms with Gasteiger partial charge >= 0.3 is 6.09 Å². The maximum Gasteiger partial charge on any atom is 0.410 e. The molecule has 0 unspecified atom stereocenters. The number of amides is 1. The van der Waals surface area contributed by atoms with Crippen molar-refractivity contribution in [2.24, 2.45) is 11.3 Å². The number of hydrogen-bond acceptors (Lipinski definition) is 2. The van der Waals surface area contributed by atoms with Crippen molar-refractivity contribution >= 4 is 17.7 Å². The molecule has 2 fully saturated rings. The minimum Gasteiger partial charge on any atom is -0.445 e. The topological polar surface area (TPSA) is 29.5 Å². The molecule has 0 aromatic heterocycles. The normalized spacial score (nSPS) is 28.2. The first-order valence-corrected chi connectivity index (χ1v) is 8.26. The van der Waals surface area contributed by atoms with Gasteiger partial charge in [-0.3, -0.25) is 0 Å². The molecule has 1 saturated carbocycles. The van der Waals surface area contributed by atoms with Gasteiger partial charge in [-0.25, -0.2) is 4.79 Å². The van der Waals surface area contributed by atoms with Crippen molar-refractivity contribution in [3.63, 3.8) is 0 Å². The fourth-order valence-electron chi connectivity index (χ4n) is 3.73. The average Bonchev–Trinajstić information content (AvgIpc) is 3.13. The molecule has 1 aliphatic carbocycles. The smallest absolute Gasteiger partial charge is 0.410 e. The summed E-state index contributed by atoms with van der Waals surface area (Å²) < 4.78 is 5.43. The van der Waals surface area contributed by atoms with Gasteiger partial charge in [0.15, 0.2) is 0 Å². The minimum absolute atomic E-state index is 0.176. The van der Waals surface area contributed by atoms with Crippen LogP contribution in [-0.2, 0) is 11.3 Å². The molecule has 2 aliphatic rings. The third-order valence-corrected chi connectivity index (χ3v) is 5.36. The number of carbonyl (C=O) groups is 1. The van der Waals surface area contributed by atoms with E-state index in [1.807, 2.05) is 35.2 Å². The Morgan fingerprint density at radius 2 is 2.14 bits per heavy atom. The van der Waals surface area contributed by atoms with Crippen LogP contribution < -0.4 is 0 Å². The molecular weight excluding hydrogens is 286 g/mol. The van der Waals surface area contributed by atoms with E-state index >= 15 is 0 Å². The second-order valence-electron chi connectivity index (χ2n) is 6.47. The predicted molar refractivity (Wildman–Crippen MR) is 83.3 cm³/mol. The summed E-state index contributed by atoms with van der Waals surface area (Å²) in [5.41, 5.74) is 1.34. The van der Waals surface area contributed by atoms with Gasteiger partial charge in [-0.2, -0.15) is 0 Å². The zero-order valence-corrected chi connectivity index (χ0v) is 13.0. The Hall–Kier alpha value is -1.22. The van der Waals surface area contributed by atoms with E-state index in [2.05, 4.69) is 0 Å². The van der Waals surface area contributed by atoms with Crippen molar-refractivity contribution in [3.05, 3.63) is 35.9 Å². The van der Waals surface area contributed by atoms with Gasteiger partial charge < -0.3 is 9.64 Å². The Labute approximate surface area is 131 Å². The van der Waals surface area contributed by atoms with E-state index in [1.54, 1.807) is 0 Å². The molecular formula is C17H22ClNO2. The molecule has 3 rings (SSSR count). The number of hydrogen-bond donors (Lipinski definition) is 0. The lowest BCUT2D eigenvalue weighted by atomic mass is 9.85. The molecule has 1 aromatic carbocycles. The van der Waals surface area contributed by atoms with Crippen LogP contribution in [0, 0.1) is 11.3 Å². The summed E-state index contributed by atoms with van der Waals surface area (Å²) in [7, 11) is 0. The number of halogens is 1. The van der Waals surface area contributed by atoms with Crippen LogP contribution >= 0.6 is 11.6 Å². The first-order chi connectivity index (χ1) is 10.2. The zero-order chi connectivity index (χ0) is 14.7. The van der Waals surface area contributed by atoms with Crippen LogP contribution in [0.1, 0.15) is 31.2 Å². The van der Waals surface area contributed by atoms with Gasteiger partial charge in [0.25, 0.3) is 0 Å². The Morgan fingerprint density at radius 3 is 2.86 bits per heavy atom. The Bertz CT molecular complexity index is 493. The quantitative estimate of drug-likeness (QED) is 0.788. The molecule has 1 saturated heterocycles. The van der Waals surface area contributed by atoms with Crippen LogP contribution in [-0.4, -0.2) is 30.0 Å². The zero-order valence-electron chi connectivity index (χ0n) is 12.3. The van der Waals surface area contributed by atoms with E-state index in [9.17, 15) is 4.79 Å². The van der Waals surface area contributed by atoms with E-state index < -0.39 is 0 Å². The largest absolute Gasteiger partial charge is 0.445 e. The van der Waals surface area contributed by atoms with Crippen molar-refractivity contribution in [3.8, 4) is 0 Å². The van der Waals surface area contributed by atoms with E-state index in [-0.39, 0.29) is 6.09 Å². The maximum absolute atomic E-state index is 12.2. The summed E-state index contributed by atoms with van der Waals surface area (Å²) in [6.45, 7) is 2.02. The molecule has 3 nitrogen and oxygen atoms in total. The summed E-state index contributed by atoms with van der Waals surface area (Å²) in [5.74, 6) is 1.38. The maximum atomic E-state index is 12.2. The van der Waals surface area contributed by atoms with Gasteiger partial charge in [-0.1, -0.05) is 30.3 Å². The standard InChI is InChI=1S/C17H22ClNO2/c18-11-15-6-7-17(10-15)8-9-19(13-17)16(20)21-12-14-4-2-1-3-5-14/h1-5,15H,6-13H2/t15-,17+/m0/s1. The summed E-state index contributed by atoms with van der Waals surface area (Å²) in [6.07, 6.45) is 4.49. The monoisotopic (exact) mass is 307 g/mol. The van der Waals surface area contributed by atoms with E-state index in [1.165, 1.54) is 19.3 Å². The molecule has 1 spiro atoms. The first-order valence-electron chi connectivity index (χ1n) is 7.72. The lowest BCUT2D eigenvalue weighted by Gasteiger charge is -2.23. The predicted octanol–water partition coefficient (Wildman–Crippen LogP) is 4.05. The highest BCUT2D eigenvalue weighted by molar-refractivity contribution is 6.18. The molecule has 21 heavy (non-hydrogen) atoms. The number of likely N-dealkylation sites (tertiary alicyclic amines) is 1. The molecule has 0 bridgehead atoms. The fourth-order valence-corrected chi connectivity index (χ4v) is 3.99. The fraction of sp³-hybridized carbons (Fsp3) is 0.588. The Balaban J connectivity index is 1.51. The number of ether oxygens (including phenoxy) is 1. The molecule has 2 atom stereocenters. The van der Waals surface area contributed by atoms with Crippen LogP contribution in [0.15, 0.2) is 30.3 Å². The molecule has 1 aromatic rings. The third kappa shape index (κ3) is 3.34. The lowest BCUT2D eigenvalue weighted by Crippen LogP contribution is -2.31. The van der Waals surface area contributed by atoms with Gasteiger partial charge in [-0.15, -0.1) is 11.6 Å². The van der Waals surface area contributed by atoms with E-state index in [0.29, 0.717) is 17.9 Å². The first kappa shape index (κ1) is 14.7. The van der Waals surface area contributed by atoms with Crippen LogP contribution in [0.5, 0.6) is 0 Å². The molecule has 1 heterocycles. The summed E-state index contributed by atoms with van der Waals surface area (Å²) in [4.78, 5) is 14.1. The highest BCUT2D eigenvalue weighted by atomic mass is 35.5.